The first-order chi connectivity index (χ1) is 14.2. The predicted molar refractivity (Wildman–Crippen MR) is 115 cm³/mol. The molecule has 0 bridgehead atoms. The number of anilines is 1. The van der Waals surface area contributed by atoms with Gasteiger partial charge in [0, 0.05) is 43.9 Å². The molecule has 156 valence electrons. The van der Waals surface area contributed by atoms with Crippen LogP contribution >= 0.6 is 0 Å². The van der Waals surface area contributed by atoms with Crippen molar-refractivity contribution < 1.29 is 14.9 Å². The summed E-state index contributed by atoms with van der Waals surface area (Å²) in [6, 6.07) is 8.26. The number of aromatic nitrogens is 1. The van der Waals surface area contributed by atoms with Gasteiger partial charge in [-0.15, -0.1) is 0 Å². The number of allylic oxidation sites excluding steroid dienone is 2. The van der Waals surface area contributed by atoms with E-state index in [0.29, 0.717) is 26.0 Å². The van der Waals surface area contributed by atoms with E-state index in [2.05, 4.69) is 34.1 Å². The molecule has 2 aromatic rings. The molecule has 0 spiro atoms. The zero-order valence-electron chi connectivity index (χ0n) is 17.2. The van der Waals surface area contributed by atoms with Crippen LogP contribution in [0.3, 0.4) is 0 Å². The summed E-state index contributed by atoms with van der Waals surface area (Å²) in [5, 5.41) is 20.9. The number of para-hydroxylation sites is 2. The lowest BCUT2D eigenvalue weighted by Gasteiger charge is -2.36. The highest BCUT2D eigenvalue weighted by Gasteiger charge is 2.23. The number of aromatic hydroxyl groups is 2. The molecule has 1 aliphatic heterocycles. The summed E-state index contributed by atoms with van der Waals surface area (Å²) in [6.07, 6.45) is 6.40. The second-order valence-electron chi connectivity index (χ2n) is 7.72. The van der Waals surface area contributed by atoms with Crippen molar-refractivity contribution in [3.63, 3.8) is 0 Å². The van der Waals surface area contributed by atoms with Crippen molar-refractivity contribution in [2.75, 3.05) is 44.2 Å². The van der Waals surface area contributed by atoms with Gasteiger partial charge in [-0.1, -0.05) is 24.3 Å². The monoisotopic (exact) mass is 397 g/mol. The average Bonchev–Trinajstić information content (AvgIpc) is 3.00. The lowest BCUT2D eigenvalue weighted by atomic mass is 10.0. The standard InChI is InChI=1S/C23H31N3O3/c1-2-29-21-11-6-5-10-20(21)25-16-14-24(15-17-25)12-7-13-26-22(27)18-8-3-4-9-19(18)23(26)28/h3-6,10-11,27-28H,2,7-9,12-17H2,1H3. The molecular weight excluding hydrogens is 366 g/mol. The summed E-state index contributed by atoms with van der Waals surface area (Å²) in [7, 11) is 0. The number of piperazine rings is 1. The highest BCUT2D eigenvalue weighted by molar-refractivity contribution is 5.58. The van der Waals surface area contributed by atoms with Crippen LogP contribution in [0.1, 0.15) is 24.5 Å². The molecule has 0 saturated carbocycles. The normalized spacial score (nSPS) is 16.8. The topological polar surface area (TPSA) is 61.1 Å². The van der Waals surface area contributed by atoms with Gasteiger partial charge < -0.3 is 19.8 Å². The Morgan fingerprint density at radius 2 is 1.55 bits per heavy atom. The molecule has 2 heterocycles. The molecule has 0 atom stereocenters. The molecule has 2 aliphatic rings. The van der Waals surface area contributed by atoms with Crippen LogP contribution in [0.25, 0.3) is 0 Å². The number of rotatable bonds is 7. The Bertz CT molecular complexity index is 835. The van der Waals surface area contributed by atoms with Gasteiger partial charge >= 0.3 is 0 Å². The van der Waals surface area contributed by atoms with Gasteiger partial charge in [-0.05, 0) is 44.9 Å². The van der Waals surface area contributed by atoms with E-state index < -0.39 is 0 Å². The largest absolute Gasteiger partial charge is 0.494 e. The van der Waals surface area contributed by atoms with Gasteiger partial charge in [0.25, 0.3) is 0 Å². The zero-order valence-corrected chi connectivity index (χ0v) is 17.2. The first-order valence-corrected chi connectivity index (χ1v) is 10.6. The van der Waals surface area contributed by atoms with Crippen LogP contribution in [0.5, 0.6) is 17.5 Å². The average molecular weight is 398 g/mol. The second kappa shape index (κ2) is 8.82. The molecule has 6 heteroatoms. The first-order valence-electron chi connectivity index (χ1n) is 10.6. The molecule has 1 aromatic heterocycles. The van der Waals surface area contributed by atoms with E-state index in [9.17, 15) is 10.2 Å². The van der Waals surface area contributed by atoms with Crippen molar-refractivity contribution in [3.05, 3.63) is 47.5 Å². The van der Waals surface area contributed by atoms with Gasteiger partial charge in [0.15, 0.2) is 11.8 Å². The third-order valence-electron chi connectivity index (χ3n) is 5.96. The fraction of sp³-hybridized carbons (Fsp3) is 0.478. The highest BCUT2D eigenvalue weighted by Crippen LogP contribution is 2.37. The lowest BCUT2D eigenvalue weighted by Crippen LogP contribution is -2.46. The van der Waals surface area contributed by atoms with Gasteiger partial charge in [0.05, 0.1) is 12.3 Å². The maximum Gasteiger partial charge on any atom is 0.197 e. The van der Waals surface area contributed by atoms with E-state index in [0.717, 1.165) is 56.0 Å². The van der Waals surface area contributed by atoms with E-state index in [-0.39, 0.29) is 11.8 Å². The second-order valence-corrected chi connectivity index (χ2v) is 7.72. The molecule has 0 unspecified atom stereocenters. The first kappa shape index (κ1) is 19.7. The molecule has 1 aliphatic carbocycles. The number of nitrogens with zero attached hydrogens (tertiary/aromatic N) is 3. The maximum absolute atomic E-state index is 10.5. The summed E-state index contributed by atoms with van der Waals surface area (Å²) in [6.45, 7) is 8.25. The van der Waals surface area contributed by atoms with Crippen LogP contribution in [-0.2, 0) is 19.4 Å². The quantitative estimate of drug-likeness (QED) is 0.703. The van der Waals surface area contributed by atoms with Gasteiger partial charge in [-0.3, -0.25) is 9.47 Å². The van der Waals surface area contributed by atoms with E-state index >= 15 is 0 Å². The molecule has 2 N–H and O–H groups in total. The minimum atomic E-state index is 0.235. The molecule has 0 radical (unpaired) electrons. The summed E-state index contributed by atoms with van der Waals surface area (Å²) in [5.74, 6) is 1.43. The van der Waals surface area contributed by atoms with E-state index in [1.165, 1.54) is 5.69 Å². The smallest absolute Gasteiger partial charge is 0.197 e. The lowest BCUT2D eigenvalue weighted by molar-refractivity contribution is 0.245. The summed E-state index contributed by atoms with van der Waals surface area (Å²) in [4.78, 5) is 4.85. The molecule has 6 nitrogen and oxygen atoms in total. The predicted octanol–water partition coefficient (Wildman–Crippen LogP) is 3.17. The fourth-order valence-electron chi connectivity index (χ4n) is 4.40. The van der Waals surface area contributed by atoms with Crippen LogP contribution in [-0.4, -0.2) is 59.0 Å². The Kier molecular flexibility index (Phi) is 6.00. The van der Waals surface area contributed by atoms with Crippen molar-refractivity contribution in [2.45, 2.75) is 32.7 Å². The number of benzene rings is 1. The van der Waals surface area contributed by atoms with Crippen LogP contribution in [0.15, 0.2) is 36.4 Å². The molecule has 4 rings (SSSR count). The molecule has 0 amide bonds. The van der Waals surface area contributed by atoms with E-state index in [1.54, 1.807) is 4.57 Å². The number of ether oxygens (including phenoxy) is 1. The van der Waals surface area contributed by atoms with Crippen molar-refractivity contribution in [2.24, 2.45) is 0 Å². The van der Waals surface area contributed by atoms with Crippen molar-refractivity contribution in [3.8, 4) is 17.5 Å². The number of hydrogen-bond acceptors (Lipinski definition) is 5. The Balaban J connectivity index is 1.29. The zero-order chi connectivity index (χ0) is 20.2. The Morgan fingerprint density at radius 3 is 2.21 bits per heavy atom. The van der Waals surface area contributed by atoms with E-state index in [4.69, 9.17) is 4.74 Å². The van der Waals surface area contributed by atoms with Crippen molar-refractivity contribution in [1.82, 2.24) is 9.47 Å². The fourth-order valence-corrected chi connectivity index (χ4v) is 4.40. The van der Waals surface area contributed by atoms with Gasteiger partial charge in [-0.25, -0.2) is 0 Å². The van der Waals surface area contributed by atoms with Crippen LogP contribution < -0.4 is 9.64 Å². The summed E-state index contributed by atoms with van der Waals surface area (Å²) < 4.78 is 7.45. The van der Waals surface area contributed by atoms with Gasteiger partial charge in [0.1, 0.15) is 5.75 Å². The van der Waals surface area contributed by atoms with Crippen LogP contribution in [0.4, 0.5) is 5.69 Å². The van der Waals surface area contributed by atoms with Crippen LogP contribution in [0.2, 0.25) is 0 Å². The minimum absolute atomic E-state index is 0.235. The Labute approximate surface area is 172 Å². The molecule has 1 aromatic carbocycles. The number of hydrogen-bond donors (Lipinski definition) is 2. The summed E-state index contributed by atoms with van der Waals surface area (Å²) >= 11 is 0. The molecule has 1 fully saturated rings. The van der Waals surface area contributed by atoms with Gasteiger partial charge in [-0.2, -0.15) is 0 Å². The van der Waals surface area contributed by atoms with Crippen molar-refractivity contribution in [1.29, 1.82) is 0 Å². The third kappa shape index (κ3) is 4.08. The Morgan fingerprint density at radius 1 is 0.897 bits per heavy atom. The third-order valence-corrected chi connectivity index (χ3v) is 5.96. The van der Waals surface area contributed by atoms with Crippen LogP contribution in [0, 0.1) is 0 Å². The summed E-state index contributed by atoms with van der Waals surface area (Å²) in [5.41, 5.74) is 2.94. The van der Waals surface area contributed by atoms with Crippen molar-refractivity contribution >= 4 is 5.69 Å². The molecule has 29 heavy (non-hydrogen) atoms. The Hall–Kier alpha value is -2.60. The number of fused-ring (bicyclic) bond motifs is 1. The SMILES string of the molecule is CCOc1ccccc1N1CCN(CCCn2c(O)c3c(c2O)CC=CC3)CC1. The van der Waals surface area contributed by atoms with Gasteiger partial charge in [0.2, 0.25) is 0 Å². The molecular formula is C23H31N3O3. The highest BCUT2D eigenvalue weighted by atomic mass is 16.5. The minimum Gasteiger partial charge on any atom is -0.494 e. The van der Waals surface area contributed by atoms with E-state index in [1.807, 2.05) is 19.1 Å². The molecule has 1 saturated heterocycles. The maximum atomic E-state index is 10.5.